The lowest BCUT2D eigenvalue weighted by molar-refractivity contribution is 0.0889. The topological polar surface area (TPSA) is 79.5 Å². The van der Waals surface area contributed by atoms with Gasteiger partial charge in [-0.3, -0.25) is 14.2 Å². The predicted octanol–water partition coefficient (Wildman–Crippen LogP) is 4.66. The van der Waals surface area contributed by atoms with Gasteiger partial charge in [0.05, 0.1) is 6.20 Å². The maximum Gasteiger partial charge on any atom is 0.233 e. The van der Waals surface area contributed by atoms with Crippen molar-refractivity contribution < 1.29 is 19.8 Å². The maximum atomic E-state index is 12.4. The summed E-state index contributed by atoms with van der Waals surface area (Å²) < 4.78 is 1.02. The number of unbranched alkanes of at least 4 members (excludes halogenated alkanes) is 3. The summed E-state index contributed by atoms with van der Waals surface area (Å²) in [6.07, 6.45) is 11.2. The van der Waals surface area contributed by atoms with E-state index in [0.29, 0.717) is 18.8 Å². The highest BCUT2D eigenvalue weighted by Crippen LogP contribution is 2.34. The highest BCUT2D eigenvalue weighted by Gasteiger charge is 2.26. The first-order valence-corrected chi connectivity index (χ1v) is 9.24. The molecule has 1 aliphatic rings. The number of aromatic hydroxyl groups is 2. The molecule has 2 rings (SSSR count). The lowest BCUT2D eigenvalue weighted by Gasteiger charge is -2.20. The number of carbonyl (C=O) groups is 2. The smallest absolute Gasteiger partial charge is 0.233 e. The van der Waals surface area contributed by atoms with Crippen LogP contribution in [-0.2, 0) is 0 Å². The molecule has 1 saturated carbocycles. The molecule has 2 N–H and O–H groups in total. The lowest BCUT2D eigenvalue weighted by atomic mass is 9.85. The molecular weight excluding hydrogens is 306 g/mol. The van der Waals surface area contributed by atoms with Crippen molar-refractivity contribution in [1.82, 2.24) is 4.57 Å². The third-order valence-corrected chi connectivity index (χ3v) is 4.95. The zero-order valence-electron chi connectivity index (χ0n) is 14.6. The fourth-order valence-electron chi connectivity index (χ4n) is 3.52. The van der Waals surface area contributed by atoms with E-state index in [4.69, 9.17) is 0 Å². The monoisotopic (exact) mass is 335 g/mol. The Morgan fingerprint density at radius 2 is 1.83 bits per heavy atom. The van der Waals surface area contributed by atoms with Crippen molar-refractivity contribution in [2.75, 3.05) is 0 Å². The van der Waals surface area contributed by atoms with Gasteiger partial charge in [0.1, 0.15) is 11.3 Å². The molecule has 0 radical (unpaired) electrons. The summed E-state index contributed by atoms with van der Waals surface area (Å²) in [4.78, 5) is 24.6. The first kappa shape index (κ1) is 18.6. The van der Waals surface area contributed by atoms with Crippen LogP contribution in [0.3, 0.4) is 0 Å². The fraction of sp³-hybridized carbons (Fsp3) is 0.684. The molecule has 1 aliphatic carbocycles. The summed E-state index contributed by atoms with van der Waals surface area (Å²) in [6.45, 7) is 2.10. The van der Waals surface area contributed by atoms with Gasteiger partial charge in [-0.15, -0.1) is 0 Å². The van der Waals surface area contributed by atoms with Crippen LogP contribution in [-0.4, -0.2) is 26.5 Å². The summed E-state index contributed by atoms with van der Waals surface area (Å²) in [5, 5.41) is 20.3. The zero-order chi connectivity index (χ0) is 17.5. The van der Waals surface area contributed by atoms with Crippen LogP contribution in [0.25, 0.3) is 0 Å². The molecule has 0 saturated heterocycles. The number of hydrogen-bond acceptors (Lipinski definition) is 4. The van der Waals surface area contributed by atoms with Gasteiger partial charge in [0.2, 0.25) is 11.8 Å². The van der Waals surface area contributed by atoms with Gasteiger partial charge in [0.25, 0.3) is 0 Å². The van der Waals surface area contributed by atoms with Crippen LogP contribution in [0.15, 0.2) is 6.20 Å². The van der Waals surface area contributed by atoms with E-state index in [9.17, 15) is 19.8 Å². The minimum atomic E-state index is -0.409. The summed E-state index contributed by atoms with van der Waals surface area (Å²) >= 11 is 0. The molecule has 5 nitrogen and oxygen atoms in total. The number of ketones is 1. The van der Waals surface area contributed by atoms with Gasteiger partial charge in [0, 0.05) is 12.8 Å². The molecule has 1 aromatic rings. The summed E-state index contributed by atoms with van der Waals surface area (Å²) in [6, 6.07) is 0. The van der Waals surface area contributed by atoms with Crippen LogP contribution in [0.2, 0.25) is 0 Å². The molecule has 5 heteroatoms. The van der Waals surface area contributed by atoms with Gasteiger partial charge in [0.15, 0.2) is 5.78 Å². The Morgan fingerprint density at radius 3 is 2.50 bits per heavy atom. The number of nitrogens with zero attached hydrogens (tertiary/aromatic N) is 1. The van der Waals surface area contributed by atoms with Crippen molar-refractivity contribution in [3.05, 3.63) is 11.8 Å². The molecule has 0 unspecified atom stereocenters. The minimum absolute atomic E-state index is 0.0949. The highest BCUT2D eigenvalue weighted by atomic mass is 16.3. The third-order valence-electron chi connectivity index (χ3n) is 4.95. The quantitative estimate of drug-likeness (QED) is 0.535. The molecule has 1 heterocycles. The Kier molecular flexibility index (Phi) is 6.88. The first-order chi connectivity index (χ1) is 11.5. The molecule has 0 atom stereocenters. The first-order valence-electron chi connectivity index (χ1n) is 9.24. The van der Waals surface area contributed by atoms with Crippen LogP contribution in [0.5, 0.6) is 11.6 Å². The van der Waals surface area contributed by atoms with Crippen LogP contribution in [0, 0.1) is 5.92 Å². The molecule has 1 fully saturated rings. The van der Waals surface area contributed by atoms with Gasteiger partial charge >= 0.3 is 0 Å². The Morgan fingerprint density at radius 1 is 1.12 bits per heavy atom. The van der Waals surface area contributed by atoms with Crippen LogP contribution >= 0.6 is 0 Å². The van der Waals surface area contributed by atoms with Crippen LogP contribution in [0.1, 0.15) is 92.7 Å². The molecule has 0 aromatic carbocycles. The molecule has 0 bridgehead atoms. The van der Waals surface area contributed by atoms with Crippen molar-refractivity contribution >= 4 is 11.7 Å². The summed E-state index contributed by atoms with van der Waals surface area (Å²) in [7, 11) is 0. The van der Waals surface area contributed by atoms with Crippen LogP contribution < -0.4 is 0 Å². The van der Waals surface area contributed by atoms with E-state index in [1.807, 2.05) is 0 Å². The standard InChI is InChI=1S/C19H29NO4/c1-2-3-4-8-11-17(23)20-13-16(22)18(19(20)24)15(21)12-14-9-6-5-7-10-14/h13-14,22,24H,2-12H2,1H3. The van der Waals surface area contributed by atoms with E-state index in [1.54, 1.807) is 0 Å². The van der Waals surface area contributed by atoms with Gasteiger partial charge in [-0.2, -0.15) is 0 Å². The van der Waals surface area contributed by atoms with E-state index in [0.717, 1.165) is 55.9 Å². The van der Waals surface area contributed by atoms with E-state index in [-0.39, 0.29) is 23.0 Å². The van der Waals surface area contributed by atoms with Crippen molar-refractivity contribution in [3.63, 3.8) is 0 Å². The van der Waals surface area contributed by atoms with Crippen molar-refractivity contribution in [1.29, 1.82) is 0 Å². The Hall–Kier alpha value is -1.78. The van der Waals surface area contributed by atoms with E-state index in [2.05, 4.69) is 6.92 Å². The molecular formula is C19H29NO4. The second kappa shape index (κ2) is 8.90. The zero-order valence-corrected chi connectivity index (χ0v) is 14.6. The van der Waals surface area contributed by atoms with Crippen molar-refractivity contribution in [2.24, 2.45) is 5.92 Å². The van der Waals surface area contributed by atoms with Gasteiger partial charge in [-0.05, 0) is 12.3 Å². The summed E-state index contributed by atoms with van der Waals surface area (Å²) in [5.74, 6) is -0.938. The number of hydrogen-bond donors (Lipinski definition) is 2. The van der Waals surface area contributed by atoms with Crippen molar-refractivity contribution in [3.8, 4) is 11.6 Å². The fourth-order valence-corrected chi connectivity index (χ4v) is 3.52. The second-order valence-corrected chi connectivity index (χ2v) is 6.92. The molecule has 134 valence electrons. The number of Topliss-reactive ketones (excluding diaryl/α,β-unsaturated/α-hetero) is 1. The average molecular weight is 335 g/mol. The van der Waals surface area contributed by atoms with Gasteiger partial charge in [-0.1, -0.05) is 58.3 Å². The largest absolute Gasteiger partial charge is 0.505 e. The highest BCUT2D eigenvalue weighted by molar-refractivity contribution is 6.02. The average Bonchev–Trinajstić information content (AvgIpc) is 2.87. The van der Waals surface area contributed by atoms with E-state index < -0.39 is 5.88 Å². The Labute approximate surface area is 143 Å². The van der Waals surface area contributed by atoms with Crippen molar-refractivity contribution in [2.45, 2.75) is 77.6 Å². The SMILES string of the molecule is CCCCCCC(=O)n1cc(O)c(C(=O)CC2CCCCC2)c1O. The summed E-state index contributed by atoms with van der Waals surface area (Å²) in [5.41, 5.74) is -0.0949. The number of aromatic nitrogens is 1. The maximum absolute atomic E-state index is 12.4. The Balaban J connectivity index is 2.01. The third kappa shape index (κ3) is 4.62. The van der Waals surface area contributed by atoms with Gasteiger partial charge < -0.3 is 10.2 Å². The normalized spacial score (nSPS) is 15.5. The predicted molar refractivity (Wildman–Crippen MR) is 92.7 cm³/mol. The van der Waals surface area contributed by atoms with Crippen LogP contribution in [0.4, 0.5) is 0 Å². The molecule has 1 aromatic heterocycles. The number of rotatable bonds is 8. The molecule has 24 heavy (non-hydrogen) atoms. The van der Waals surface area contributed by atoms with E-state index >= 15 is 0 Å². The van der Waals surface area contributed by atoms with E-state index in [1.165, 1.54) is 12.6 Å². The Bertz CT molecular complexity index is 570. The molecule has 0 amide bonds. The second-order valence-electron chi connectivity index (χ2n) is 6.92. The minimum Gasteiger partial charge on any atom is -0.505 e. The lowest BCUT2D eigenvalue weighted by Crippen LogP contribution is -2.13. The molecule has 0 aliphatic heterocycles. The van der Waals surface area contributed by atoms with Gasteiger partial charge in [-0.25, -0.2) is 0 Å². The molecule has 0 spiro atoms. The number of carbonyl (C=O) groups excluding carboxylic acids is 2.